The van der Waals surface area contributed by atoms with Crippen LogP contribution in [0.5, 0.6) is 0 Å². The highest BCUT2D eigenvalue weighted by Gasteiger charge is 2.15. The van der Waals surface area contributed by atoms with Crippen molar-refractivity contribution in [3.05, 3.63) is 73.1 Å². The van der Waals surface area contributed by atoms with Crippen molar-refractivity contribution < 1.29 is 9.72 Å². The van der Waals surface area contributed by atoms with Gasteiger partial charge in [-0.2, -0.15) is 5.26 Å². The lowest BCUT2D eigenvalue weighted by molar-refractivity contribution is -0.385. The SMILES string of the molecule is N#Cc1cc([N+](=O)[O-])cn(CC(=O)NCc2ccccc2Cl)c1=O. The van der Waals surface area contributed by atoms with Crippen LogP contribution in [0.15, 0.2) is 41.3 Å². The van der Waals surface area contributed by atoms with Crippen molar-refractivity contribution >= 4 is 23.2 Å². The van der Waals surface area contributed by atoms with E-state index < -0.39 is 34.2 Å². The number of benzene rings is 1. The Kier molecular flexibility index (Phi) is 5.29. The molecular weight excluding hydrogens is 336 g/mol. The first-order valence-electron chi connectivity index (χ1n) is 6.71. The van der Waals surface area contributed by atoms with Crippen molar-refractivity contribution in [1.82, 2.24) is 9.88 Å². The molecule has 24 heavy (non-hydrogen) atoms. The Balaban J connectivity index is 2.16. The van der Waals surface area contributed by atoms with E-state index in [2.05, 4.69) is 5.32 Å². The number of rotatable bonds is 5. The molecule has 1 N–H and O–H groups in total. The summed E-state index contributed by atoms with van der Waals surface area (Å²) in [5.41, 5.74) is -0.916. The van der Waals surface area contributed by atoms with Gasteiger partial charge in [0.15, 0.2) is 0 Å². The Morgan fingerprint density at radius 1 is 1.42 bits per heavy atom. The molecule has 0 spiro atoms. The van der Waals surface area contributed by atoms with Crippen LogP contribution >= 0.6 is 11.6 Å². The fraction of sp³-hybridized carbons (Fsp3) is 0.133. The predicted molar refractivity (Wildman–Crippen MR) is 85.4 cm³/mol. The second kappa shape index (κ2) is 7.39. The summed E-state index contributed by atoms with van der Waals surface area (Å²) in [6.45, 7) is -0.299. The Morgan fingerprint density at radius 3 is 2.75 bits per heavy atom. The summed E-state index contributed by atoms with van der Waals surface area (Å²) in [5, 5.41) is 22.7. The van der Waals surface area contributed by atoms with Gasteiger partial charge in [0, 0.05) is 17.6 Å². The van der Waals surface area contributed by atoms with E-state index in [1.807, 2.05) is 0 Å². The first kappa shape index (κ1) is 17.2. The van der Waals surface area contributed by atoms with Crippen LogP contribution in [0.3, 0.4) is 0 Å². The van der Waals surface area contributed by atoms with E-state index >= 15 is 0 Å². The number of hydrogen-bond acceptors (Lipinski definition) is 5. The van der Waals surface area contributed by atoms with Gasteiger partial charge < -0.3 is 5.32 Å². The van der Waals surface area contributed by atoms with E-state index in [1.165, 1.54) is 0 Å². The molecule has 2 rings (SSSR count). The molecule has 8 nitrogen and oxygen atoms in total. The van der Waals surface area contributed by atoms with Crippen LogP contribution in [0.1, 0.15) is 11.1 Å². The number of nitrogens with one attached hydrogen (secondary N) is 1. The van der Waals surface area contributed by atoms with Crippen molar-refractivity contribution in [2.45, 2.75) is 13.1 Å². The maximum Gasteiger partial charge on any atom is 0.287 e. The molecule has 0 saturated heterocycles. The highest BCUT2D eigenvalue weighted by atomic mass is 35.5. The summed E-state index contributed by atoms with van der Waals surface area (Å²) in [7, 11) is 0. The van der Waals surface area contributed by atoms with E-state index in [0.29, 0.717) is 10.6 Å². The topological polar surface area (TPSA) is 118 Å². The second-order valence-electron chi connectivity index (χ2n) is 4.78. The number of nitrogens with zero attached hydrogens (tertiary/aromatic N) is 3. The van der Waals surface area contributed by atoms with E-state index in [1.54, 1.807) is 30.3 Å². The number of carbonyl (C=O) groups is 1. The molecule has 1 amide bonds. The molecule has 0 aliphatic heterocycles. The molecule has 1 aromatic carbocycles. The van der Waals surface area contributed by atoms with Crippen molar-refractivity contribution in [2.75, 3.05) is 0 Å². The van der Waals surface area contributed by atoms with Crippen LogP contribution in [0.4, 0.5) is 5.69 Å². The minimum absolute atomic E-state index is 0.146. The number of pyridine rings is 1. The van der Waals surface area contributed by atoms with Crippen LogP contribution in [0.2, 0.25) is 5.02 Å². The monoisotopic (exact) mass is 346 g/mol. The maximum atomic E-state index is 12.0. The lowest BCUT2D eigenvalue weighted by Gasteiger charge is -2.09. The van der Waals surface area contributed by atoms with Crippen LogP contribution < -0.4 is 10.9 Å². The minimum Gasteiger partial charge on any atom is -0.350 e. The molecule has 122 valence electrons. The van der Waals surface area contributed by atoms with Crippen molar-refractivity contribution in [2.24, 2.45) is 0 Å². The standard InChI is InChI=1S/C15H11ClN4O4/c16-13-4-2-1-3-10(13)7-18-14(21)9-19-8-12(20(23)24)5-11(6-17)15(19)22/h1-5,8H,7,9H2,(H,18,21). The largest absolute Gasteiger partial charge is 0.350 e. The number of nitro groups is 1. The third-order valence-electron chi connectivity index (χ3n) is 3.15. The predicted octanol–water partition coefficient (Wildman–Crippen LogP) is 1.60. The van der Waals surface area contributed by atoms with Gasteiger partial charge in [0.05, 0.1) is 11.1 Å². The molecule has 0 aliphatic carbocycles. The van der Waals surface area contributed by atoms with Crippen LogP contribution in [-0.4, -0.2) is 15.4 Å². The summed E-state index contributed by atoms with van der Waals surface area (Å²) in [6, 6.07) is 9.38. The van der Waals surface area contributed by atoms with Gasteiger partial charge in [-0.1, -0.05) is 29.8 Å². The number of amides is 1. The Morgan fingerprint density at radius 2 is 2.12 bits per heavy atom. The number of nitriles is 1. The molecule has 0 radical (unpaired) electrons. The molecule has 0 saturated carbocycles. The molecule has 2 aromatic rings. The number of carbonyl (C=O) groups excluding carboxylic acids is 1. The molecule has 0 bridgehead atoms. The van der Waals surface area contributed by atoms with E-state index in [0.717, 1.165) is 16.8 Å². The molecule has 0 fully saturated rings. The first-order chi connectivity index (χ1) is 11.4. The van der Waals surface area contributed by atoms with E-state index in [9.17, 15) is 19.7 Å². The lowest BCUT2D eigenvalue weighted by atomic mass is 10.2. The molecular formula is C15H11ClN4O4. The first-order valence-corrected chi connectivity index (χ1v) is 7.09. The fourth-order valence-corrected chi connectivity index (χ4v) is 2.17. The van der Waals surface area contributed by atoms with Crippen molar-refractivity contribution in [3.63, 3.8) is 0 Å². The zero-order chi connectivity index (χ0) is 17.7. The summed E-state index contributed by atoms with van der Waals surface area (Å²) < 4.78 is 0.832. The summed E-state index contributed by atoms with van der Waals surface area (Å²) in [5.74, 6) is -0.540. The Labute approximate surface area is 141 Å². The van der Waals surface area contributed by atoms with Crippen LogP contribution in [0, 0.1) is 21.4 Å². The molecule has 0 aliphatic rings. The van der Waals surface area contributed by atoms with Gasteiger partial charge in [0.1, 0.15) is 18.2 Å². The third kappa shape index (κ3) is 3.97. The Bertz CT molecular complexity index is 901. The average Bonchev–Trinajstić information content (AvgIpc) is 2.55. The fourth-order valence-electron chi connectivity index (χ4n) is 1.96. The number of halogens is 1. The lowest BCUT2D eigenvalue weighted by Crippen LogP contribution is -2.32. The van der Waals surface area contributed by atoms with Crippen molar-refractivity contribution in [1.29, 1.82) is 5.26 Å². The van der Waals surface area contributed by atoms with Gasteiger partial charge in [-0.05, 0) is 11.6 Å². The van der Waals surface area contributed by atoms with Gasteiger partial charge in [-0.25, -0.2) is 0 Å². The van der Waals surface area contributed by atoms with Crippen LogP contribution in [0.25, 0.3) is 0 Å². The van der Waals surface area contributed by atoms with Crippen molar-refractivity contribution in [3.8, 4) is 6.07 Å². The van der Waals surface area contributed by atoms with Crippen LogP contribution in [-0.2, 0) is 17.9 Å². The zero-order valence-electron chi connectivity index (χ0n) is 12.2. The Hall–Kier alpha value is -3.18. The highest BCUT2D eigenvalue weighted by Crippen LogP contribution is 2.14. The van der Waals surface area contributed by atoms with E-state index in [-0.39, 0.29) is 6.54 Å². The van der Waals surface area contributed by atoms with E-state index in [4.69, 9.17) is 16.9 Å². The minimum atomic E-state index is -0.768. The third-order valence-corrected chi connectivity index (χ3v) is 3.52. The molecule has 0 unspecified atom stereocenters. The molecule has 0 atom stereocenters. The summed E-state index contributed by atoms with van der Waals surface area (Å²) in [4.78, 5) is 34.0. The molecule has 9 heteroatoms. The normalized spacial score (nSPS) is 10.0. The van der Waals surface area contributed by atoms with Gasteiger partial charge in [-0.3, -0.25) is 24.3 Å². The maximum absolute atomic E-state index is 12.0. The quantitative estimate of drug-likeness (QED) is 0.651. The molecule has 1 heterocycles. The average molecular weight is 347 g/mol. The van der Waals surface area contributed by atoms with Gasteiger partial charge >= 0.3 is 0 Å². The molecule has 1 aromatic heterocycles. The summed E-state index contributed by atoms with van der Waals surface area (Å²) in [6.07, 6.45) is 0.929. The number of aromatic nitrogens is 1. The smallest absolute Gasteiger partial charge is 0.287 e. The zero-order valence-corrected chi connectivity index (χ0v) is 13.0. The highest BCUT2D eigenvalue weighted by molar-refractivity contribution is 6.31. The summed E-state index contributed by atoms with van der Waals surface area (Å²) >= 11 is 5.97. The second-order valence-corrected chi connectivity index (χ2v) is 5.19. The number of hydrogen-bond donors (Lipinski definition) is 1. The van der Waals surface area contributed by atoms with Gasteiger partial charge in [0.25, 0.3) is 11.2 Å². The van der Waals surface area contributed by atoms with Gasteiger partial charge in [-0.15, -0.1) is 0 Å². The van der Waals surface area contributed by atoms with Gasteiger partial charge in [0.2, 0.25) is 5.91 Å².